The molecule has 0 bridgehead atoms. The van der Waals surface area contributed by atoms with Gasteiger partial charge in [0.05, 0.1) is 37.0 Å². The van der Waals surface area contributed by atoms with E-state index in [9.17, 15) is 19.7 Å². The van der Waals surface area contributed by atoms with Crippen LogP contribution in [0.15, 0.2) is 63.5 Å². The Kier molecular flexibility index (Phi) is 7.16. The number of hydrogen-bond donors (Lipinski definition) is 0. The molecule has 0 saturated heterocycles. The maximum Gasteiger partial charge on any atom is 0.355 e. The second kappa shape index (κ2) is 9.82. The highest BCUT2D eigenvalue weighted by atomic mass is 35.5. The van der Waals surface area contributed by atoms with Crippen molar-refractivity contribution in [2.45, 2.75) is 9.79 Å². The van der Waals surface area contributed by atoms with E-state index in [0.29, 0.717) is 9.92 Å². The van der Waals surface area contributed by atoms with Crippen LogP contribution in [0.4, 0.5) is 11.4 Å². The van der Waals surface area contributed by atoms with Crippen LogP contribution in [0.2, 0.25) is 5.02 Å². The number of halogens is 1. The van der Waals surface area contributed by atoms with Crippen LogP contribution in [0.5, 0.6) is 0 Å². The van der Waals surface area contributed by atoms with Gasteiger partial charge < -0.3 is 19.1 Å². The van der Waals surface area contributed by atoms with Crippen LogP contribution in [0.25, 0.3) is 0 Å². The molecule has 0 amide bonds. The zero-order valence-corrected chi connectivity index (χ0v) is 18.1. The van der Waals surface area contributed by atoms with Crippen LogP contribution in [-0.4, -0.2) is 44.4 Å². The SMILES string of the molecule is COC(=O)C1=C(C(=O)OC)N(c2cc(Sc3ccc(Cl)cc3)cc([N+](=O)[O-])c2)COC1. The third-order valence-electron chi connectivity index (χ3n) is 4.28. The second-order valence-electron chi connectivity index (χ2n) is 6.21. The van der Waals surface area contributed by atoms with Crippen molar-refractivity contribution in [3.63, 3.8) is 0 Å². The summed E-state index contributed by atoms with van der Waals surface area (Å²) in [6, 6.07) is 11.3. The molecule has 3 rings (SSSR count). The number of anilines is 1. The van der Waals surface area contributed by atoms with E-state index >= 15 is 0 Å². The molecule has 0 N–H and O–H groups in total. The number of nitro groups is 1. The number of ether oxygens (including phenoxy) is 3. The fourth-order valence-electron chi connectivity index (χ4n) is 2.87. The fourth-order valence-corrected chi connectivity index (χ4v) is 3.90. The summed E-state index contributed by atoms with van der Waals surface area (Å²) in [5, 5.41) is 12.1. The molecule has 9 nitrogen and oxygen atoms in total. The summed E-state index contributed by atoms with van der Waals surface area (Å²) in [7, 11) is 2.35. The third kappa shape index (κ3) is 5.16. The van der Waals surface area contributed by atoms with E-state index in [0.717, 1.165) is 4.90 Å². The first-order valence-corrected chi connectivity index (χ1v) is 10.0. The highest BCUT2D eigenvalue weighted by Crippen LogP contribution is 2.36. The molecule has 2 aromatic carbocycles. The molecule has 1 aliphatic heterocycles. The van der Waals surface area contributed by atoms with Gasteiger partial charge in [-0.15, -0.1) is 0 Å². The molecule has 1 heterocycles. The fraction of sp³-hybridized carbons (Fsp3) is 0.200. The Morgan fingerprint density at radius 3 is 2.39 bits per heavy atom. The predicted molar refractivity (Wildman–Crippen MR) is 113 cm³/mol. The third-order valence-corrected chi connectivity index (χ3v) is 5.51. The second-order valence-corrected chi connectivity index (χ2v) is 7.80. The molecular weight excluding hydrogens is 448 g/mol. The molecule has 0 spiro atoms. The van der Waals surface area contributed by atoms with E-state index in [2.05, 4.69) is 0 Å². The van der Waals surface area contributed by atoms with E-state index in [1.165, 1.54) is 43.0 Å². The molecule has 11 heteroatoms. The average Bonchev–Trinajstić information content (AvgIpc) is 2.78. The van der Waals surface area contributed by atoms with Crippen LogP contribution in [-0.2, 0) is 23.8 Å². The first-order chi connectivity index (χ1) is 14.8. The van der Waals surface area contributed by atoms with Gasteiger partial charge in [-0.1, -0.05) is 23.4 Å². The monoisotopic (exact) mass is 464 g/mol. The van der Waals surface area contributed by atoms with E-state index in [-0.39, 0.29) is 36.0 Å². The minimum Gasteiger partial charge on any atom is -0.466 e. The van der Waals surface area contributed by atoms with Crippen LogP contribution in [0.1, 0.15) is 0 Å². The summed E-state index contributed by atoms with van der Waals surface area (Å²) in [6.07, 6.45) is 0. The summed E-state index contributed by atoms with van der Waals surface area (Å²) in [6.45, 7) is -0.272. The van der Waals surface area contributed by atoms with Crippen molar-refractivity contribution in [3.05, 3.63) is 68.9 Å². The first kappa shape index (κ1) is 22.6. The zero-order chi connectivity index (χ0) is 22.5. The van der Waals surface area contributed by atoms with Gasteiger partial charge in [-0.25, -0.2) is 9.59 Å². The number of hydrogen-bond acceptors (Lipinski definition) is 9. The highest BCUT2D eigenvalue weighted by molar-refractivity contribution is 7.99. The smallest absolute Gasteiger partial charge is 0.355 e. The number of esters is 2. The molecule has 0 aliphatic carbocycles. The average molecular weight is 465 g/mol. The lowest BCUT2D eigenvalue weighted by molar-refractivity contribution is -0.385. The Balaban J connectivity index is 2.09. The highest BCUT2D eigenvalue weighted by Gasteiger charge is 2.33. The number of nitro benzene ring substituents is 1. The van der Waals surface area contributed by atoms with Crippen LogP contribution < -0.4 is 4.90 Å². The Morgan fingerprint density at radius 1 is 1.10 bits per heavy atom. The van der Waals surface area contributed by atoms with E-state index in [4.69, 9.17) is 25.8 Å². The number of methoxy groups -OCH3 is 2. The number of nitrogens with zero attached hydrogens (tertiary/aromatic N) is 2. The molecule has 1 aliphatic rings. The van der Waals surface area contributed by atoms with Gasteiger partial charge in [0.15, 0.2) is 0 Å². The molecule has 162 valence electrons. The van der Waals surface area contributed by atoms with Gasteiger partial charge in [-0.05, 0) is 30.3 Å². The summed E-state index contributed by atoms with van der Waals surface area (Å²) >= 11 is 7.19. The maximum atomic E-state index is 12.5. The molecule has 2 aromatic rings. The molecular formula is C20H17ClN2O7S. The predicted octanol–water partition coefficient (Wildman–Crippen LogP) is 3.79. The van der Waals surface area contributed by atoms with Crippen molar-refractivity contribution in [1.82, 2.24) is 0 Å². The Labute approximate surface area is 186 Å². The Bertz CT molecular complexity index is 1060. The van der Waals surface area contributed by atoms with Crippen LogP contribution in [0.3, 0.4) is 0 Å². The lowest BCUT2D eigenvalue weighted by atomic mass is 10.1. The summed E-state index contributed by atoms with van der Waals surface area (Å²) < 4.78 is 15.0. The molecule has 0 radical (unpaired) electrons. The van der Waals surface area contributed by atoms with Crippen LogP contribution in [0, 0.1) is 10.1 Å². The van der Waals surface area contributed by atoms with Gasteiger partial charge in [-0.3, -0.25) is 10.1 Å². The van der Waals surface area contributed by atoms with Crippen molar-refractivity contribution in [2.75, 3.05) is 32.5 Å². The van der Waals surface area contributed by atoms with Crippen LogP contribution >= 0.6 is 23.4 Å². The summed E-state index contributed by atoms with van der Waals surface area (Å²) in [4.78, 5) is 38.3. The summed E-state index contributed by atoms with van der Waals surface area (Å²) in [5.74, 6) is -1.55. The van der Waals surface area contributed by atoms with Gasteiger partial charge >= 0.3 is 11.9 Å². The molecule has 0 aromatic heterocycles. The maximum absolute atomic E-state index is 12.5. The minimum absolute atomic E-state index is 0.0426. The van der Waals surface area contributed by atoms with Crippen molar-refractivity contribution < 1.29 is 28.7 Å². The van der Waals surface area contributed by atoms with Crippen molar-refractivity contribution in [2.24, 2.45) is 0 Å². The summed E-state index contributed by atoms with van der Waals surface area (Å²) in [5.41, 5.74) is -0.0434. The van der Waals surface area contributed by atoms with Gasteiger partial charge in [0, 0.05) is 26.9 Å². The molecule has 0 fully saturated rings. The van der Waals surface area contributed by atoms with Gasteiger partial charge in [0.1, 0.15) is 12.4 Å². The molecule has 0 saturated carbocycles. The van der Waals surface area contributed by atoms with Crippen molar-refractivity contribution in [3.8, 4) is 0 Å². The number of rotatable bonds is 6. The topological polar surface area (TPSA) is 108 Å². The minimum atomic E-state index is -0.790. The number of benzene rings is 2. The van der Waals surface area contributed by atoms with E-state index in [1.54, 1.807) is 30.3 Å². The van der Waals surface area contributed by atoms with E-state index < -0.39 is 16.9 Å². The normalized spacial score (nSPS) is 13.7. The zero-order valence-electron chi connectivity index (χ0n) is 16.5. The molecule has 0 unspecified atom stereocenters. The Morgan fingerprint density at radius 2 is 1.77 bits per heavy atom. The lowest BCUT2D eigenvalue weighted by Crippen LogP contribution is -2.38. The molecule has 0 atom stereocenters. The standard InChI is InChI=1S/C20H17ClN2O7S/c1-28-19(24)17-10-30-11-22(18(17)20(25)29-2)13-7-14(23(26)27)9-16(8-13)31-15-5-3-12(21)4-6-15/h3-9H,10-11H2,1-2H3. The van der Waals surface area contributed by atoms with Crippen molar-refractivity contribution >= 4 is 46.7 Å². The number of non-ortho nitro benzene ring substituents is 1. The quantitative estimate of drug-likeness (QED) is 0.358. The largest absolute Gasteiger partial charge is 0.466 e. The number of carbonyl (C=O) groups excluding carboxylic acids is 2. The van der Waals surface area contributed by atoms with Gasteiger partial charge in [0.25, 0.3) is 5.69 Å². The number of carbonyl (C=O) groups is 2. The van der Waals surface area contributed by atoms with Gasteiger partial charge in [0.2, 0.25) is 0 Å². The van der Waals surface area contributed by atoms with Gasteiger partial charge in [-0.2, -0.15) is 0 Å². The van der Waals surface area contributed by atoms with Crippen molar-refractivity contribution in [1.29, 1.82) is 0 Å². The lowest BCUT2D eigenvalue weighted by Gasteiger charge is -2.31. The van der Waals surface area contributed by atoms with E-state index in [1.807, 2.05) is 0 Å². The molecule has 31 heavy (non-hydrogen) atoms. The first-order valence-electron chi connectivity index (χ1n) is 8.82. The Hall–Kier alpha value is -3.08.